The van der Waals surface area contributed by atoms with Crippen LogP contribution in [0.4, 0.5) is 5.82 Å². The van der Waals surface area contributed by atoms with Crippen LogP contribution < -0.4 is 14.8 Å². The number of hydrogen-bond donors (Lipinski definition) is 1. The van der Waals surface area contributed by atoms with Crippen molar-refractivity contribution in [2.45, 2.75) is 45.1 Å². The Morgan fingerprint density at radius 1 is 1.08 bits per heavy atom. The van der Waals surface area contributed by atoms with Crippen molar-refractivity contribution in [3.8, 4) is 11.5 Å². The van der Waals surface area contributed by atoms with Gasteiger partial charge in [0.05, 0.1) is 20.4 Å². The van der Waals surface area contributed by atoms with Gasteiger partial charge in [0.2, 0.25) is 0 Å². The molecule has 1 aromatic carbocycles. The fourth-order valence-corrected chi connectivity index (χ4v) is 3.51. The molecule has 0 aliphatic heterocycles. The largest absolute Gasteiger partial charge is 0.497 e. The van der Waals surface area contributed by atoms with Crippen molar-refractivity contribution in [3.05, 3.63) is 41.6 Å². The van der Waals surface area contributed by atoms with Gasteiger partial charge in [-0.2, -0.15) is 5.10 Å². The molecule has 1 fully saturated rings. The van der Waals surface area contributed by atoms with E-state index in [1.165, 1.54) is 37.7 Å². The van der Waals surface area contributed by atoms with Crippen molar-refractivity contribution in [2.75, 3.05) is 19.5 Å². The number of aromatic nitrogens is 2. The minimum atomic E-state index is 0.634. The zero-order valence-corrected chi connectivity index (χ0v) is 15.1. The van der Waals surface area contributed by atoms with E-state index in [9.17, 15) is 0 Å². The summed E-state index contributed by atoms with van der Waals surface area (Å²) in [5, 5.41) is 11.7. The second kappa shape index (κ2) is 8.70. The topological polar surface area (TPSA) is 56.3 Å². The molecular formula is C20H27N3O2. The van der Waals surface area contributed by atoms with Crippen molar-refractivity contribution in [1.82, 2.24) is 10.2 Å². The Bertz CT molecular complexity index is 684. The van der Waals surface area contributed by atoms with Gasteiger partial charge in [-0.15, -0.1) is 5.10 Å². The van der Waals surface area contributed by atoms with E-state index in [1.54, 1.807) is 14.2 Å². The highest BCUT2D eigenvalue weighted by Gasteiger charge is 2.14. The minimum absolute atomic E-state index is 0.634. The molecule has 1 aromatic heterocycles. The molecule has 5 heteroatoms. The normalized spacial score (nSPS) is 15.0. The Kier molecular flexibility index (Phi) is 6.09. The maximum Gasteiger partial charge on any atom is 0.149 e. The monoisotopic (exact) mass is 341 g/mol. The molecule has 25 heavy (non-hydrogen) atoms. The molecule has 1 heterocycles. The zero-order valence-electron chi connectivity index (χ0n) is 15.1. The molecule has 1 N–H and O–H groups in total. The Balaban J connectivity index is 1.62. The van der Waals surface area contributed by atoms with E-state index in [-0.39, 0.29) is 0 Å². The quantitative estimate of drug-likeness (QED) is 0.817. The summed E-state index contributed by atoms with van der Waals surface area (Å²) in [5.41, 5.74) is 2.33. The van der Waals surface area contributed by atoms with Gasteiger partial charge in [-0.05, 0) is 36.1 Å². The van der Waals surface area contributed by atoms with Crippen LogP contribution in [-0.4, -0.2) is 24.4 Å². The number of nitrogens with zero attached hydrogens (tertiary/aromatic N) is 2. The summed E-state index contributed by atoms with van der Waals surface area (Å²) in [6.07, 6.45) is 9.81. The Morgan fingerprint density at radius 2 is 1.92 bits per heavy atom. The van der Waals surface area contributed by atoms with E-state index in [4.69, 9.17) is 9.47 Å². The first-order chi connectivity index (χ1) is 12.3. The third-order valence-electron chi connectivity index (χ3n) is 4.91. The van der Waals surface area contributed by atoms with E-state index in [1.807, 2.05) is 24.4 Å². The standard InChI is InChI=1S/C20H27N3O2/c1-24-18-9-8-17(19(12-18)25-2)14-21-20-11-16(13-22-23-20)10-15-6-4-3-5-7-15/h8-9,11-13,15H,3-7,10,14H2,1-2H3,(H,21,23). The van der Waals surface area contributed by atoms with Crippen LogP contribution in [0.2, 0.25) is 0 Å². The first-order valence-electron chi connectivity index (χ1n) is 9.05. The van der Waals surface area contributed by atoms with Gasteiger partial charge in [0.25, 0.3) is 0 Å². The average Bonchev–Trinajstić information content (AvgIpc) is 2.67. The molecule has 0 spiro atoms. The number of ether oxygens (including phenoxy) is 2. The fraction of sp³-hybridized carbons (Fsp3) is 0.500. The lowest BCUT2D eigenvalue weighted by atomic mass is 9.85. The highest BCUT2D eigenvalue weighted by atomic mass is 16.5. The average molecular weight is 341 g/mol. The molecule has 5 nitrogen and oxygen atoms in total. The summed E-state index contributed by atoms with van der Waals surface area (Å²) in [7, 11) is 3.32. The van der Waals surface area contributed by atoms with Gasteiger partial charge in [-0.1, -0.05) is 32.1 Å². The molecule has 0 amide bonds. The van der Waals surface area contributed by atoms with E-state index >= 15 is 0 Å². The lowest BCUT2D eigenvalue weighted by Crippen LogP contribution is -2.10. The summed E-state index contributed by atoms with van der Waals surface area (Å²) >= 11 is 0. The smallest absolute Gasteiger partial charge is 0.149 e. The Hall–Kier alpha value is -2.30. The van der Waals surface area contributed by atoms with Gasteiger partial charge in [0.15, 0.2) is 0 Å². The second-order valence-corrected chi connectivity index (χ2v) is 6.69. The van der Waals surface area contributed by atoms with Crippen molar-refractivity contribution in [1.29, 1.82) is 0 Å². The van der Waals surface area contributed by atoms with Crippen molar-refractivity contribution in [3.63, 3.8) is 0 Å². The predicted molar refractivity (Wildman–Crippen MR) is 99.2 cm³/mol. The highest BCUT2D eigenvalue weighted by Crippen LogP contribution is 2.27. The molecule has 134 valence electrons. The maximum absolute atomic E-state index is 5.44. The van der Waals surface area contributed by atoms with Crippen LogP contribution in [0.1, 0.15) is 43.2 Å². The number of methoxy groups -OCH3 is 2. The number of benzene rings is 1. The fourth-order valence-electron chi connectivity index (χ4n) is 3.51. The molecule has 0 atom stereocenters. The van der Waals surface area contributed by atoms with E-state index in [0.717, 1.165) is 35.2 Å². The highest BCUT2D eigenvalue weighted by molar-refractivity contribution is 5.44. The summed E-state index contributed by atoms with van der Waals surface area (Å²) in [4.78, 5) is 0. The van der Waals surface area contributed by atoms with Gasteiger partial charge in [0.1, 0.15) is 17.3 Å². The Labute approximate surface area is 149 Å². The van der Waals surface area contributed by atoms with E-state index < -0.39 is 0 Å². The van der Waals surface area contributed by atoms with Crippen LogP contribution in [0.3, 0.4) is 0 Å². The molecule has 1 aliphatic rings. The summed E-state index contributed by atoms with van der Waals surface area (Å²) < 4.78 is 10.7. The molecule has 0 saturated heterocycles. The maximum atomic E-state index is 5.44. The summed E-state index contributed by atoms with van der Waals surface area (Å²) in [6, 6.07) is 7.95. The third-order valence-corrected chi connectivity index (χ3v) is 4.91. The first kappa shape index (κ1) is 17.5. The second-order valence-electron chi connectivity index (χ2n) is 6.69. The van der Waals surface area contributed by atoms with Crippen molar-refractivity contribution >= 4 is 5.82 Å². The lowest BCUT2D eigenvalue weighted by molar-refractivity contribution is 0.356. The van der Waals surface area contributed by atoms with Crippen LogP contribution in [0.15, 0.2) is 30.5 Å². The number of anilines is 1. The number of nitrogens with one attached hydrogen (secondary N) is 1. The van der Waals surface area contributed by atoms with Crippen LogP contribution in [-0.2, 0) is 13.0 Å². The molecular weight excluding hydrogens is 314 g/mol. The molecule has 0 bridgehead atoms. The van der Waals surface area contributed by atoms with Gasteiger partial charge in [-0.25, -0.2) is 0 Å². The first-order valence-corrected chi connectivity index (χ1v) is 9.05. The minimum Gasteiger partial charge on any atom is -0.497 e. The molecule has 3 rings (SSSR count). The van der Waals surface area contributed by atoms with Crippen molar-refractivity contribution < 1.29 is 9.47 Å². The Morgan fingerprint density at radius 3 is 2.68 bits per heavy atom. The summed E-state index contributed by atoms with van der Waals surface area (Å²) in [6.45, 7) is 0.634. The van der Waals surface area contributed by atoms with Crippen molar-refractivity contribution in [2.24, 2.45) is 5.92 Å². The van der Waals surface area contributed by atoms with Crippen LogP contribution in [0.25, 0.3) is 0 Å². The molecule has 2 aromatic rings. The van der Waals surface area contributed by atoms with Gasteiger partial charge in [0, 0.05) is 18.2 Å². The lowest BCUT2D eigenvalue weighted by Gasteiger charge is -2.21. The molecule has 1 aliphatic carbocycles. The molecule has 1 saturated carbocycles. The molecule has 0 unspecified atom stereocenters. The van der Waals surface area contributed by atoms with Crippen LogP contribution >= 0.6 is 0 Å². The third kappa shape index (κ3) is 4.84. The van der Waals surface area contributed by atoms with Gasteiger partial charge >= 0.3 is 0 Å². The SMILES string of the molecule is COc1ccc(CNc2cc(CC3CCCCC3)cnn2)c(OC)c1. The van der Waals surface area contributed by atoms with Gasteiger partial charge < -0.3 is 14.8 Å². The number of hydrogen-bond acceptors (Lipinski definition) is 5. The predicted octanol–water partition coefficient (Wildman–Crippen LogP) is 4.23. The van der Waals surface area contributed by atoms with E-state index in [0.29, 0.717) is 6.54 Å². The zero-order chi connectivity index (χ0) is 17.5. The number of rotatable bonds is 7. The van der Waals surface area contributed by atoms with Crippen LogP contribution in [0.5, 0.6) is 11.5 Å². The van der Waals surface area contributed by atoms with Gasteiger partial charge in [-0.3, -0.25) is 0 Å². The van der Waals surface area contributed by atoms with Crippen LogP contribution in [0, 0.1) is 5.92 Å². The summed E-state index contributed by atoms with van der Waals surface area (Å²) in [5.74, 6) is 3.20. The molecule has 0 radical (unpaired) electrons. The van der Waals surface area contributed by atoms with E-state index in [2.05, 4.69) is 21.6 Å².